The fourth-order valence-electron chi connectivity index (χ4n) is 1.23. The van der Waals surface area contributed by atoms with Crippen LogP contribution in [0.5, 0.6) is 0 Å². The molecule has 0 aliphatic rings. The van der Waals surface area contributed by atoms with E-state index < -0.39 is 19.8 Å². The van der Waals surface area contributed by atoms with Crippen molar-refractivity contribution in [3.8, 4) is 0 Å². The molecule has 10 heteroatoms. The molecule has 0 saturated carbocycles. The highest BCUT2D eigenvalue weighted by atomic mass is 31.2. The van der Waals surface area contributed by atoms with Crippen molar-refractivity contribution in [1.82, 2.24) is 6.15 Å². The van der Waals surface area contributed by atoms with Crippen LogP contribution in [0.4, 0.5) is 0 Å². The Bertz CT molecular complexity index is 426. The van der Waals surface area contributed by atoms with Gasteiger partial charge in [-0.25, -0.2) is 14.2 Å². The fraction of sp³-hybridized carbons (Fsp3) is 0.571. The first-order chi connectivity index (χ1) is 10.9. The van der Waals surface area contributed by atoms with E-state index in [-0.39, 0.29) is 45.4 Å². The molecule has 0 amide bonds. The van der Waals surface area contributed by atoms with Crippen molar-refractivity contribution >= 4 is 19.8 Å². The van der Waals surface area contributed by atoms with E-state index in [2.05, 4.69) is 0 Å². The minimum atomic E-state index is -4.15. The van der Waals surface area contributed by atoms with Gasteiger partial charge < -0.3 is 20.5 Å². The van der Waals surface area contributed by atoms with E-state index in [1.165, 1.54) is 12.2 Å². The van der Waals surface area contributed by atoms with Gasteiger partial charge in [-0.3, -0.25) is 9.05 Å². The topological polar surface area (TPSA) is 143 Å². The van der Waals surface area contributed by atoms with Crippen LogP contribution < -0.4 is 6.15 Å². The summed E-state index contributed by atoms with van der Waals surface area (Å²) < 4.78 is 30.4. The molecule has 0 fully saturated rings. The number of phosphoric acid groups is 1. The van der Waals surface area contributed by atoms with Crippen LogP contribution in [0.2, 0.25) is 0 Å². The highest BCUT2D eigenvalue weighted by Gasteiger charge is 2.20. The molecular weight excluding hydrogens is 341 g/mol. The fourth-order valence-corrected chi connectivity index (χ4v) is 2.02. The zero-order valence-electron chi connectivity index (χ0n) is 14.0. The van der Waals surface area contributed by atoms with Gasteiger partial charge in [-0.05, 0) is 13.8 Å². The third kappa shape index (κ3) is 15.4. The maximum atomic E-state index is 11.5. The molecule has 0 radical (unpaired) electrons. The molecular formula is C14H26NO8P. The maximum Gasteiger partial charge on any atom is 0.472 e. The molecule has 9 nitrogen and oxygen atoms in total. The second kappa shape index (κ2) is 15.0. The summed E-state index contributed by atoms with van der Waals surface area (Å²) in [4.78, 5) is 31.3. The van der Waals surface area contributed by atoms with Gasteiger partial charge in [-0.1, -0.05) is 12.2 Å². The number of esters is 2. The summed E-state index contributed by atoms with van der Waals surface area (Å²) in [7, 11) is -4.15. The zero-order valence-corrected chi connectivity index (χ0v) is 14.9. The number of hydrogen-bond acceptors (Lipinski definition) is 8. The Morgan fingerprint density at radius 1 is 0.875 bits per heavy atom. The number of allylic oxidation sites excluding steroid dienone is 2. The SMILES string of the molecule is CC=CC(=O)OCCCOP(=O)(O)OCCCOC(=O)C=CC.N. The average Bonchev–Trinajstić information content (AvgIpc) is 2.47. The molecule has 24 heavy (non-hydrogen) atoms. The number of carbonyl (C=O) groups is 2. The van der Waals surface area contributed by atoms with Crippen LogP contribution in [0.1, 0.15) is 26.7 Å². The molecule has 0 saturated heterocycles. The lowest BCUT2D eigenvalue weighted by Crippen LogP contribution is -2.07. The van der Waals surface area contributed by atoms with Gasteiger partial charge in [0.05, 0.1) is 26.4 Å². The van der Waals surface area contributed by atoms with E-state index in [0.29, 0.717) is 0 Å². The quantitative estimate of drug-likeness (QED) is 0.230. The van der Waals surface area contributed by atoms with Crippen molar-refractivity contribution in [2.75, 3.05) is 26.4 Å². The van der Waals surface area contributed by atoms with E-state index in [0.717, 1.165) is 0 Å². The van der Waals surface area contributed by atoms with Gasteiger partial charge in [0, 0.05) is 25.0 Å². The van der Waals surface area contributed by atoms with Crippen LogP contribution in [0.15, 0.2) is 24.3 Å². The summed E-state index contributed by atoms with van der Waals surface area (Å²) in [5, 5.41) is 0. The second-order valence-corrected chi connectivity index (χ2v) is 5.63. The number of hydrogen-bond donors (Lipinski definition) is 2. The van der Waals surface area contributed by atoms with Gasteiger partial charge in [0.25, 0.3) is 0 Å². The highest BCUT2D eigenvalue weighted by Crippen LogP contribution is 2.43. The van der Waals surface area contributed by atoms with Crippen LogP contribution in [0.25, 0.3) is 0 Å². The first-order valence-electron chi connectivity index (χ1n) is 7.12. The van der Waals surface area contributed by atoms with Crippen LogP contribution in [0, 0.1) is 0 Å². The molecule has 0 aromatic heterocycles. The van der Waals surface area contributed by atoms with Crippen molar-refractivity contribution in [1.29, 1.82) is 0 Å². The maximum absolute atomic E-state index is 11.5. The molecule has 0 aliphatic carbocycles. The predicted octanol–water partition coefficient (Wildman–Crippen LogP) is 2.30. The van der Waals surface area contributed by atoms with Gasteiger partial charge in [-0.15, -0.1) is 0 Å². The van der Waals surface area contributed by atoms with E-state index in [9.17, 15) is 19.0 Å². The Labute approximate surface area is 141 Å². The second-order valence-electron chi connectivity index (χ2n) is 4.18. The Morgan fingerprint density at radius 2 is 1.25 bits per heavy atom. The lowest BCUT2D eigenvalue weighted by Gasteiger charge is -2.12. The van der Waals surface area contributed by atoms with Gasteiger partial charge in [0.15, 0.2) is 0 Å². The Balaban J connectivity index is 0. The van der Waals surface area contributed by atoms with Gasteiger partial charge >= 0.3 is 19.8 Å². The molecule has 0 aromatic carbocycles. The van der Waals surface area contributed by atoms with Crippen molar-refractivity contribution in [2.45, 2.75) is 26.7 Å². The molecule has 0 bridgehead atoms. The van der Waals surface area contributed by atoms with Crippen LogP contribution >= 0.6 is 7.82 Å². The minimum absolute atomic E-state index is 0. The zero-order chi connectivity index (χ0) is 17.6. The van der Waals surface area contributed by atoms with Gasteiger partial charge in [-0.2, -0.15) is 0 Å². The first kappa shape index (κ1) is 24.7. The van der Waals surface area contributed by atoms with Gasteiger partial charge in [0.1, 0.15) is 0 Å². The minimum Gasteiger partial charge on any atom is -0.462 e. The van der Waals surface area contributed by atoms with Crippen LogP contribution in [-0.2, 0) is 32.7 Å². The molecule has 0 heterocycles. The summed E-state index contributed by atoms with van der Waals surface area (Å²) in [5.41, 5.74) is 0. The van der Waals surface area contributed by atoms with Gasteiger partial charge in [0.2, 0.25) is 0 Å². The molecule has 0 rings (SSSR count). The van der Waals surface area contributed by atoms with E-state index in [1.54, 1.807) is 26.0 Å². The van der Waals surface area contributed by atoms with E-state index in [1.807, 2.05) is 0 Å². The normalized spacial score (nSPS) is 13.5. The number of ether oxygens (including phenoxy) is 2. The number of carbonyl (C=O) groups excluding carboxylic acids is 2. The molecule has 4 N–H and O–H groups in total. The van der Waals surface area contributed by atoms with Crippen LogP contribution in [0.3, 0.4) is 0 Å². The summed E-state index contributed by atoms with van der Waals surface area (Å²) in [5.74, 6) is -0.966. The molecule has 0 aromatic rings. The van der Waals surface area contributed by atoms with Crippen molar-refractivity contribution in [3.05, 3.63) is 24.3 Å². The summed E-state index contributed by atoms with van der Waals surface area (Å²) in [6, 6.07) is 0. The largest absolute Gasteiger partial charge is 0.472 e. The first-order valence-corrected chi connectivity index (χ1v) is 8.61. The molecule has 0 unspecified atom stereocenters. The number of rotatable bonds is 12. The summed E-state index contributed by atoms with van der Waals surface area (Å²) >= 11 is 0. The standard InChI is InChI=1S/C14H23O8P.H3N/c1-3-7-13(15)19-9-5-11-21-23(17,18)22-12-6-10-20-14(16)8-4-2;/h3-4,7-8H,5-6,9-12H2,1-2H3,(H,17,18);1H3. The lowest BCUT2D eigenvalue weighted by molar-refractivity contribution is -0.138. The number of phosphoric ester groups is 1. The van der Waals surface area contributed by atoms with Crippen LogP contribution in [-0.4, -0.2) is 43.3 Å². The van der Waals surface area contributed by atoms with E-state index >= 15 is 0 Å². The van der Waals surface area contributed by atoms with Crippen molar-refractivity contribution in [2.24, 2.45) is 0 Å². The van der Waals surface area contributed by atoms with Crippen molar-refractivity contribution < 1.29 is 37.6 Å². The Hall–Kier alpha value is -1.51. The molecule has 140 valence electrons. The van der Waals surface area contributed by atoms with E-state index in [4.69, 9.17) is 18.5 Å². The van der Waals surface area contributed by atoms with Crippen molar-refractivity contribution in [3.63, 3.8) is 0 Å². The Morgan fingerprint density at radius 3 is 1.58 bits per heavy atom. The third-order valence-electron chi connectivity index (χ3n) is 2.18. The average molecular weight is 367 g/mol. The summed E-state index contributed by atoms with van der Waals surface area (Å²) in [6.07, 6.45) is 6.15. The lowest BCUT2D eigenvalue weighted by atomic mass is 10.5. The monoisotopic (exact) mass is 367 g/mol. The third-order valence-corrected chi connectivity index (χ3v) is 3.20. The Kier molecular flexibility index (Phi) is 15.5. The molecule has 0 atom stereocenters. The molecule has 0 aliphatic heterocycles. The smallest absolute Gasteiger partial charge is 0.462 e. The summed E-state index contributed by atoms with van der Waals surface area (Å²) in [6.45, 7) is 3.34. The predicted molar refractivity (Wildman–Crippen MR) is 87.5 cm³/mol. The molecule has 0 spiro atoms. The highest BCUT2D eigenvalue weighted by molar-refractivity contribution is 7.47.